The van der Waals surface area contributed by atoms with Crippen molar-refractivity contribution in [2.75, 3.05) is 31.1 Å². The molecule has 0 aliphatic carbocycles. The Morgan fingerprint density at radius 1 is 1.00 bits per heavy atom. The van der Waals surface area contributed by atoms with E-state index in [9.17, 15) is 9.18 Å². The number of rotatable bonds is 3. The molecule has 164 valence electrons. The van der Waals surface area contributed by atoms with E-state index in [1.54, 1.807) is 12.1 Å². The molecular formula is C28H29FN2O. The number of fused-ring (bicyclic) bond motifs is 3. The number of halogens is 1. The number of carbonyl (C=O) groups excluding carboxylic acids is 1. The van der Waals surface area contributed by atoms with Crippen LogP contribution in [0.4, 0.5) is 10.1 Å². The van der Waals surface area contributed by atoms with Crippen LogP contribution in [0.25, 0.3) is 10.8 Å². The van der Waals surface area contributed by atoms with Gasteiger partial charge in [-0.2, -0.15) is 0 Å². The molecule has 2 aliphatic rings. The first kappa shape index (κ1) is 20.9. The van der Waals surface area contributed by atoms with Gasteiger partial charge in [0.15, 0.2) is 0 Å². The number of likely N-dealkylation sites (tertiary alicyclic amines) is 1. The summed E-state index contributed by atoms with van der Waals surface area (Å²) in [5.74, 6) is -0.234. The topological polar surface area (TPSA) is 23.6 Å². The Hall–Kier alpha value is -2.98. The summed E-state index contributed by atoms with van der Waals surface area (Å²) in [4.78, 5) is 17.9. The number of benzene rings is 3. The first-order chi connectivity index (χ1) is 15.4. The number of hydrogen-bond donors (Lipinski definition) is 0. The van der Waals surface area contributed by atoms with Crippen LogP contribution < -0.4 is 4.90 Å². The normalized spacial score (nSPS) is 17.5. The standard InChI is InChI=1S/C28H29FN2O/c1-20(2)11-14-30-15-12-28(13-16-30)19-31(26-10-9-24(29)18-25(26)28)27(32)23-8-7-21-5-3-4-6-22(21)17-23/h3-11,17-18H,12-16,19H2,1-2H3. The molecule has 3 aromatic carbocycles. The summed E-state index contributed by atoms with van der Waals surface area (Å²) in [5, 5.41) is 2.17. The van der Waals surface area contributed by atoms with Gasteiger partial charge in [-0.1, -0.05) is 42.0 Å². The molecule has 1 saturated heterocycles. The SMILES string of the molecule is CC(C)=CCN1CCC2(CC1)CN(C(=O)c1ccc3ccccc3c1)c1ccc(F)cc12. The van der Waals surface area contributed by atoms with Gasteiger partial charge in [-0.25, -0.2) is 4.39 Å². The molecule has 1 fully saturated rings. The van der Waals surface area contributed by atoms with E-state index in [2.05, 4.69) is 30.9 Å². The van der Waals surface area contributed by atoms with E-state index in [-0.39, 0.29) is 17.1 Å². The first-order valence-electron chi connectivity index (χ1n) is 11.4. The van der Waals surface area contributed by atoms with Gasteiger partial charge < -0.3 is 4.90 Å². The highest BCUT2D eigenvalue weighted by molar-refractivity contribution is 6.09. The van der Waals surface area contributed by atoms with Crippen LogP contribution in [0.2, 0.25) is 0 Å². The van der Waals surface area contributed by atoms with E-state index >= 15 is 0 Å². The van der Waals surface area contributed by atoms with E-state index in [0.717, 1.165) is 54.5 Å². The van der Waals surface area contributed by atoms with Gasteiger partial charge >= 0.3 is 0 Å². The highest BCUT2D eigenvalue weighted by atomic mass is 19.1. The Bertz CT molecular complexity index is 1200. The van der Waals surface area contributed by atoms with Crippen molar-refractivity contribution in [3.8, 4) is 0 Å². The van der Waals surface area contributed by atoms with E-state index in [1.807, 2.05) is 41.3 Å². The van der Waals surface area contributed by atoms with Crippen molar-refractivity contribution in [3.05, 3.63) is 89.3 Å². The maximum Gasteiger partial charge on any atom is 0.258 e. The Morgan fingerprint density at radius 2 is 1.75 bits per heavy atom. The summed E-state index contributed by atoms with van der Waals surface area (Å²) in [6.45, 7) is 7.73. The van der Waals surface area contributed by atoms with Crippen LogP contribution in [0.3, 0.4) is 0 Å². The van der Waals surface area contributed by atoms with Crippen molar-refractivity contribution in [1.29, 1.82) is 0 Å². The Kier molecular flexibility index (Phi) is 5.34. The van der Waals surface area contributed by atoms with Crippen molar-refractivity contribution in [2.45, 2.75) is 32.1 Å². The molecule has 0 atom stereocenters. The van der Waals surface area contributed by atoms with Crippen LogP contribution in [-0.2, 0) is 5.41 Å². The molecule has 5 rings (SSSR count). The third-order valence-corrected chi connectivity index (χ3v) is 7.09. The molecule has 3 aromatic rings. The van der Waals surface area contributed by atoms with Gasteiger partial charge in [-0.15, -0.1) is 0 Å². The zero-order valence-corrected chi connectivity index (χ0v) is 18.8. The monoisotopic (exact) mass is 428 g/mol. The Morgan fingerprint density at radius 3 is 2.50 bits per heavy atom. The highest BCUT2D eigenvalue weighted by Crippen LogP contribution is 2.47. The van der Waals surface area contributed by atoms with E-state index in [4.69, 9.17) is 0 Å². The van der Waals surface area contributed by atoms with Crippen LogP contribution in [0.15, 0.2) is 72.3 Å². The average Bonchev–Trinajstić information content (AvgIpc) is 3.11. The lowest BCUT2D eigenvalue weighted by Crippen LogP contribution is -2.46. The molecule has 2 heterocycles. The molecular weight excluding hydrogens is 399 g/mol. The molecule has 32 heavy (non-hydrogen) atoms. The van der Waals surface area contributed by atoms with Crippen LogP contribution >= 0.6 is 0 Å². The molecule has 4 heteroatoms. The molecule has 0 aromatic heterocycles. The van der Waals surface area contributed by atoms with Crippen molar-refractivity contribution in [2.24, 2.45) is 0 Å². The zero-order valence-electron chi connectivity index (χ0n) is 18.8. The second-order valence-electron chi connectivity index (χ2n) is 9.48. The summed E-state index contributed by atoms with van der Waals surface area (Å²) in [6, 6.07) is 18.9. The number of nitrogens with zero attached hydrogens (tertiary/aromatic N) is 2. The third kappa shape index (κ3) is 3.73. The number of amides is 1. The summed E-state index contributed by atoms with van der Waals surface area (Å²) >= 11 is 0. The fraction of sp³-hybridized carbons (Fsp3) is 0.321. The zero-order chi connectivity index (χ0) is 22.3. The molecule has 0 unspecified atom stereocenters. The van der Waals surface area contributed by atoms with Crippen LogP contribution in [0.1, 0.15) is 42.6 Å². The maximum atomic E-state index is 14.3. The highest BCUT2D eigenvalue weighted by Gasteiger charge is 2.46. The predicted octanol–water partition coefficient (Wildman–Crippen LogP) is 5.94. The predicted molar refractivity (Wildman–Crippen MR) is 129 cm³/mol. The number of allylic oxidation sites excluding steroid dienone is 1. The molecule has 0 N–H and O–H groups in total. The molecule has 3 nitrogen and oxygen atoms in total. The second-order valence-corrected chi connectivity index (χ2v) is 9.48. The first-order valence-corrected chi connectivity index (χ1v) is 11.4. The van der Waals surface area contributed by atoms with Gasteiger partial charge in [0, 0.05) is 29.8 Å². The smallest absolute Gasteiger partial charge is 0.258 e. The lowest BCUT2D eigenvalue weighted by Gasteiger charge is -2.39. The molecule has 0 bridgehead atoms. The number of carbonyl (C=O) groups is 1. The van der Waals surface area contributed by atoms with Gasteiger partial charge in [-0.05, 0) is 86.4 Å². The van der Waals surface area contributed by atoms with Gasteiger partial charge in [0.1, 0.15) is 5.82 Å². The van der Waals surface area contributed by atoms with Crippen molar-refractivity contribution in [3.63, 3.8) is 0 Å². The lowest BCUT2D eigenvalue weighted by molar-refractivity contribution is 0.0978. The largest absolute Gasteiger partial charge is 0.307 e. The third-order valence-electron chi connectivity index (χ3n) is 7.09. The number of anilines is 1. The Labute approximate surface area is 189 Å². The summed E-state index contributed by atoms with van der Waals surface area (Å²) in [7, 11) is 0. The Balaban J connectivity index is 1.45. The number of piperidine rings is 1. The van der Waals surface area contributed by atoms with Crippen LogP contribution in [0.5, 0.6) is 0 Å². The summed E-state index contributed by atoms with van der Waals surface area (Å²) < 4.78 is 14.3. The number of hydrogen-bond acceptors (Lipinski definition) is 2. The van der Waals surface area contributed by atoms with Gasteiger partial charge in [-0.3, -0.25) is 9.69 Å². The minimum absolute atomic E-state index is 0.00698. The van der Waals surface area contributed by atoms with Crippen LogP contribution in [-0.4, -0.2) is 37.0 Å². The van der Waals surface area contributed by atoms with Gasteiger partial charge in [0.05, 0.1) is 0 Å². The van der Waals surface area contributed by atoms with Crippen molar-refractivity contribution < 1.29 is 9.18 Å². The molecule has 2 aliphatic heterocycles. The molecule has 0 saturated carbocycles. The van der Waals surface area contributed by atoms with E-state index < -0.39 is 0 Å². The molecule has 1 amide bonds. The quantitative estimate of drug-likeness (QED) is 0.482. The second kappa shape index (κ2) is 8.18. The summed E-state index contributed by atoms with van der Waals surface area (Å²) in [6.07, 6.45) is 4.12. The molecule has 1 spiro atoms. The summed E-state index contributed by atoms with van der Waals surface area (Å²) in [5.41, 5.74) is 3.68. The lowest BCUT2D eigenvalue weighted by atomic mass is 9.74. The minimum Gasteiger partial charge on any atom is -0.307 e. The van der Waals surface area contributed by atoms with Crippen molar-refractivity contribution >= 4 is 22.4 Å². The van der Waals surface area contributed by atoms with Crippen LogP contribution in [0, 0.1) is 5.82 Å². The van der Waals surface area contributed by atoms with E-state index in [0.29, 0.717) is 12.1 Å². The van der Waals surface area contributed by atoms with Crippen molar-refractivity contribution in [1.82, 2.24) is 4.90 Å². The van der Waals surface area contributed by atoms with E-state index in [1.165, 1.54) is 11.6 Å². The minimum atomic E-state index is -0.227. The van der Waals surface area contributed by atoms with Gasteiger partial charge in [0.25, 0.3) is 5.91 Å². The maximum absolute atomic E-state index is 14.3. The fourth-order valence-electron chi connectivity index (χ4n) is 5.20. The fourth-order valence-corrected chi connectivity index (χ4v) is 5.20. The average molecular weight is 429 g/mol. The molecule has 0 radical (unpaired) electrons. The van der Waals surface area contributed by atoms with Gasteiger partial charge in [0.2, 0.25) is 0 Å².